The van der Waals surface area contributed by atoms with Crippen LogP contribution in [0.25, 0.3) is 0 Å². The lowest BCUT2D eigenvalue weighted by Crippen LogP contribution is -2.70. The van der Waals surface area contributed by atoms with Gasteiger partial charge in [-0.05, 0) is 17.7 Å². The predicted octanol–water partition coefficient (Wildman–Crippen LogP) is 2.71. The highest BCUT2D eigenvalue weighted by Gasteiger charge is 2.55. The molecule has 0 aliphatic carbocycles. The number of carbonyl (C=O) groups is 1. The second-order valence-electron chi connectivity index (χ2n) is 8.67. The molecule has 4 aliphatic rings. The van der Waals surface area contributed by atoms with Crippen LogP contribution in [0.1, 0.15) is 11.1 Å². The van der Waals surface area contributed by atoms with Crippen LogP contribution < -0.4 is 5.32 Å². The van der Waals surface area contributed by atoms with Gasteiger partial charge in [0.2, 0.25) is 5.91 Å². The van der Waals surface area contributed by atoms with Gasteiger partial charge in [0, 0.05) is 67.2 Å². The summed E-state index contributed by atoms with van der Waals surface area (Å²) in [7, 11) is 0. The molecule has 4 heterocycles. The molecular weight excluding hydrogens is 389 g/mol. The van der Waals surface area contributed by atoms with Crippen molar-refractivity contribution in [3.63, 3.8) is 0 Å². The van der Waals surface area contributed by atoms with Gasteiger partial charge in [-0.1, -0.05) is 48.0 Å². The van der Waals surface area contributed by atoms with Crippen molar-refractivity contribution in [3.05, 3.63) is 70.5 Å². The fraction of sp³-hybridized carbons (Fsp3) is 0.435. The molecule has 4 nitrogen and oxygen atoms in total. The number of amides is 1. The molecule has 2 unspecified atom stereocenters. The van der Waals surface area contributed by atoms with E-state index in [1.165, 1.54) is 11.6 Å². The van der Waals surface area contributed by atoms with E-state index >= 15 is 0 Å². The third kappa shape index (κ3) is 3.35. The monoisotopic (exact) mass is 413 g/mol. The van der Waals surface area contributed by atoms with E-state index in [1.807, 2.05) is 6.07 Å². The summed E-state index contributed by atoms with van der Waals surface area (Å²) in [5.74, 6) is -0.224. The molecule has 4 aliphatic heterocycles. The van der Waals surface area contributed by atoms with Gasteiger partial charge in [0.05, 0.1) is 6.42 Å². The molecule has 1 N–H and O–H groups in total. The molecule has 152 valence electrons. The molecule has 2 aromatic rings. The molecule has 3 atom stereocenters. The van der Waals surface area contributed by atoms with E-state index in [0.717, 1.165) is 39.3 Å². The van der Waals surface area contributed by atoms with Crippen LogP contribution in [-0.2, 0) is 16.6 Å². The predicted molar refractivity (Wildman–Crippen MR) is 112 cm³/mol. The molecule has 6 rings (SSSR count). The van der Waals surface area contributed by atoms with Crippen molar-refractivity contribution in [2.24, 2.45) is 5.92 Å². The van der Waals surface area contributed by atoms with Crippen LogP contribution in [0.2, 0.25) is 5.02 Å². The number of piperidine rings is 2. The summed E-state index contributed by atoms with van der Waals surface area (Å²) >= 11 is 6.15. The Morgan fingerprint density at radius 1 is 1.07 bits per heavy atom. The van der Waals surface area contributed by atoms with Crippen LogP contribution in [0.15, 0.2) is 48.5 Å². The highest BCUT2D eigenvalue weighted by Crippen LogP contribution is 2.43. The standard InChI is InChI=1S/C23H25ClFN3O/c24-19-7-4-8-20(25)18(19)11-21(29)26-22-16-12-27-9-10-28(13-16)15-23(22,14-27)17-5-2-1-3-6-17/h1-8,16,22H,9-15H2,(H,26,29)/t16?,22-,23?/m1/s1. The first-order chi connectivity index (χ1) is 14.0. The molecule has 0 spiro atoms. The Morgan fingerprint density at radius 2 is 1.76 bits per heavy atom. The summed E-state index contributed by atoms with van der Waals surface area (Å²) < 4.78 is 14.2. The number of nitrogens with one attached hydrogen (secondary N) is 1. The summed E-state index contributed by atoms with van der Waals surface area (Å²) in [6.45, 7) is 6.03. The maximum atomic E-state index is 14.2. The topological polar surface area (TPSA) is 35.6 Å². The molecule has 4 bridgehead atoms. The number of carbonyl (C=O) groups excluding carboxylic acids is 1. The maximum Gasteiger partial charge on any atom is 0.224 e. The van der Waals surface area contributed by atoms with Gasteiger partial charge in [0.25, 0.3) is 0 Å². The Balaban J connectivity index is 1.46. The number of fused-ring (bicyclic) bond motifs is 1. The van der Waals surface area contributed by atoms with Gasteiger partial charge >= 0.3 is 0 Å². The molecule has 2 aromatic carbocycles. The number of hydrogen-bond donors (Lipinski definition) is 1. The molecule has 4 saturated heterocycles. The van der Waals surface area contributed by atoms with Gasteiger partial charge in [-0.25, -0.2) is 4.39 Å². The number of nitrogens with zero attached hydrogens (tertiary/aromatic N) is 2. The zero-order valence-electron chi connectivity index (χ0n) is 16.3. The second kappa shape index (κ2) is 7.38. The van der Waals surface area contributed by atoms with Crippen molar-refractivity contribution < 1.29 is 9.18 Å². The highest BCUT2D eigenvalue weighted by atomic mass is 35.5. The quantitative estimate of drug-likeness (QED) is 0.837. The zero-order chi connectivity index (χ0) is 20.0. The van der Waals surface area contributed by atoms with Gasteiger partial charge in [-0.2, -0.15) is 0 Å². The van der Waals surface area contributed by atoms with E-state index in [4.69, 9.17) is 11.6 Å². The second-order valence-corrected chi connectivity index (χ2v) is 9.08. The van der Waals surface area contributed by atoms with Gasteiger partial charge < -0.3 is 15.1 Å². The third-order valence-corrected chi connectivity index (χ3v) is 7.21. The minimum Gasteiger partial charge on any atom is -0.352 e. The maximum absolute atomic E-state index is 14.2. The number of benzene rings is 2. The van der Waals surface area contributed by atoms with Crippen LogP contribution in [0.4, 0.5) is 4.39 Å². The largest absolute Gasteiger partial charge is 0.352 e. The van der Waals surface area contributed by atoms with Crippen molar-refractivity contribution in [1.29, 1.82) is 0 Å². The van der Waals surface area contributed by atoms with E-state index in [2.05, 4.69) is 39.4 Å². The lowest BCUT2D eigenvalue weighted by molar-refractivity contribution is -0.123. The van der Waals surface area contributed by atoms with Crippen molar-refractivity contribution in [3.8, 4) is 0 Å². The zero-order valence-corrected chi connectivity index (χ0v) is 17.0. The molecule has 29 heavy (non-hydrogen) atoms. The lowest BCUT2D eigenvalue weighted by atomic mass is 9.64. The summed E-state index contributed by atoms with van der Waals surface area (Å²) in [5.41, 5.74) is 1.40. The SMILES string of the molecule is O=C(Cc1c(F)cccc1Cl)N[C@@H]1C2CN3CCN(C2)CC1(c1ccccc1)C3. The first kappa shape index (κ1) is 19.0. The number of hydrogen-bond acceptors (Lipinski definition) is 3. The van der Waals surface area contributed by atoms with Crippen molar-refractivity contribution in [2.45, 2.75) is 17.9 Å². The Kier molecular flexibility index (Phi) is 4.85. The van der Waals surface area contributed by atoms with E-state index in [0.29, 0.717) is 10.9 Å². The van der Waals surface area contributed by atoms with Gasteiger partial charge in [0.1, 0.15) is 5.82 Å². The number of halogens is 2. The van der Waals surface area contributed by atoms with Crippen LogP contribution in [-0.4, -0.2) is 61.0 Å². The average Bonchev–Trinajstić information content (AvgIpc) is 2.96. The van der Waals surface area contributed by atoms with E-state index in [1.54, 1.807) is 12.1 Å². The summed E-state index contributed by atoms with van der Waals surface area (Å²) in [4.78, 5) is 18.1. The van der Waals surface area contributed by atoms with E-state index in [9.17, 15) is 9.18 Å². The smallest absolute Gasteiger partial charge is 0.224 e. The van der Waals surface area contributed by atoms with Crippen LogP contribution in [0.3, 0.4) is 0 Å². The average molecular weight is 414 g/mol. The first-order valence-corrected chi connectivity index (χ1v) is 10.7. The Hall–Kier alpha value is -1.95. The first-order valence-electron chi connectivity index (χ1n) is 10.3. The molecule has 0 radical (unpaired) electrons. The Morgan fingerprint density at radius 3 is 2.41 bits per heavy atom. The minimum absolute atomic E-state index is 0.0347. The Labute approximate surface area is 175 Å². The van der Waals surface area contributed by atoms with Crippen LogP contribution >= 0.6 is 11.6 Å². The molecular formula is C23H25ClFN3O. The Bertz CT molecular complexity index is 885. The molecule has 6 heteroatoms. The van der Waals surface area contributed by atoms with E-state index < -0.39 is 5.82 Å². The van der Waals surface area contributed by atoms with Crippen LogP contribution in [0, 0.1) is 11.7 Å². The summed E-state index contributed by atoms with van der Waals surface area (Å²) in [6, 6.07) is 15.1. The summed E-state index contributed by atoms with van der Waals surface area (Å²) in [5, 5.41) is 3.62. The van der Waals surface area contributed by atoms with Crippen molar-refractivity contribution in [1.82, 2.24) is 15.1 Å². The van der Waals surface area contributed by atoms with Crippen molar-refractivity contribution in [2.75, 3.05) is 39.3 Å². The highest BCUT2D eigenvalue weighted by molar-refractivity contribution is 6.31. The molecule has 4 fully saturated rings. The normalized spacial score (nSPS) is 32.8. The third-order valence-electron chi connectivity index (χ3n) is 6.86. The van der Waals surface area contributed by atoms with Gasteiger partial charge in [0.15, 0.2) is 0 Å². The fourth-order valence-electron chi connectivity index (χ4n) is 5.65. The van der Waals surface area contributed by atoms with Gasteiger partial charge in [-0.15, -0.1) is 0 Å². The molecule has 0 aromatic heterocycles. The van der Waals surface area contributed by atoms with Crippen LogP contribution in [0.5, 0.6) is 0 Å². The minimum atomic E-state index is -0.426. The molecule has 0 saturated carbocycles. The van der Waals surface area contributed by atoms with Gasteiger partial charge in [-0.3, -0.25) is 4.79 Å². The van der Waals surface area contributed by atoms with E-state index in [-0.39, 0.29) is 29.3 Å². The van der Waals surface area contributed by atoms with Crippen molar-refractivity contribution >= 4 is 17.5 Å². The molecule has 1 amide bonds. The lowest BCUT2D eigenvalue weighted by Gasteiger charge is -2.55. The number of rotatable bonds is 4. The summed E-state index contributed by atoms with van der Waals surface area (Å²) in [6.07, 6.45) is -0.0347. The fourth-order valence-corrected chi connectivity index (χ4v) is 5.88.